The van der Waals surface area contributed by atoms with Crippen LogP contribution in [-0.2, 0) is 0 Å². The maximum absolute atomic E-state index is 13.1. The van der Waals surface area contributed by atoms with Gasteiger partial charge in [-0.05, 0) is 18.4 Å². The van der Waals surface area contributed by atoms with Crippen molar-refractivity contribution in [2.24, 2.45) is 11.7 Å². The van der Waals surface area contributed by atoms with Crippen LogP contribution in [0.5, 0.6) is 0 Å². The second kappa shape index (κ2) is 3.30. The minimum Gasteiger partial charge on any atom is -0.327 e. The number of hydrogen-bond donors (Lipinski definition) is 1. The van der Waals surface area contributed by atoms with E-state index in [2.05, 4.69) is 0 Å². The summed E-state index contributed by atoms with van der Waals surface area (Å²) in [6.45, 7) is 0. The molecular weight excluding hydrogens is 165 g/mol. The zero-order valence-electron chi connectivity index (χ0n) is 7.28. The zero-order chi connectivity index (χ0) is 9.26. The predicted octanol–water partition coefficient (Wildman–Crippen LogP) is 2.19. The van der Waals surface area contributed by atoms with E-state index in [1.807, 2.05) is 18.2 Å². The molecule has 2 N–H and O–H groups in total. The van der Waals surface area contributed by atoms with Crippen molar-refractivity contribution < 1.29 is 4.39 Å². The Hall–Kier alpha value is -1.15. The number of rotatable bonds is 2. The Morgan fingerprint density at radius 1 is 1.38 bits per heavy atom. The summed E-state index contributed by atoms with van der Waals surface area (Å²) in [4.78, 5) is 0. The van der Waals surface area contributed by atoms with Crippen molar-refractivity contribution in [3.05, 3.63) is 41.7 Å². The normalized spacial score (nSPS) is 26.6. The van der Waals surface area contributed by atoms with Gasteiger partial charge in [-0.2, -0.15) is 0 Å². The second-order valence-corrected chi connectivity index (χ2v) is 3.44. The van der Waals surface area contributed by atoms with Crippen LogP contribution < -0.4 is 5.73 Å². The molecule has 68 valence electrons. The Morgan fingerprint density at radius 2 is 2.08 bits per heavy atom. The maximum atomic E-state index is 13.1. The standard InChI is InChI=1S/C11H12FN/c12-10-4-2-1-3-8(10)5-6-9-7-11(9)13/h1-6,9,11H,7,13H2. The molecule has 0 amide bonds. The average Bonchev–Trinajstić information content (AvgIpc) is 2.81. The van der Waals surface area contributed by atoms with Crippen LogP contribution in [0.1, 0.15) is 12.0 Å². The van der Waals surface area contributed by atoms with E-state index >= 15 is 0 Å². The molecule has 2 atom stereocenters. The number of nitrogens with two attached hydrogens (primary N) is 1. The number of benzene rings is 1. The molecule has 1 aliphatic carbocycles. The topological polar surface area (TPSA) is 26.0 Å². The highest BCUT2D eigenvalue weighted by molar-refractivity contribution is 5.50. The van der Waals surface area contributed by atoms with Gasteiger partial charge < -0.3 is 5.73 Å². The Labute approximate surface area is 77.1 Å². The first-order chi connectivity index (χ1) is 6.27. The number of halogens is 1. The number of hydrogen-bond acceptors (Lipinski definition) is 1. The third-order valence-corrected chi connectivity index (χ3v) is 2.32. The molecule has 1 aromatic rings. The molecule has 2 rings (SSSR count). The van der Waals surface area contributed by atoms with Gasteiger partial charge >= 0.3 is 0 Å². The molecular formula is C11H12FN. The van der Waals surface area contributed by atoms with Gasteiger partial charge in [0.25, 0.3) is 0 Å². The minimum absolute atomic E-state index is 0.173. The van der Waals surface area contributed by atoms with Crippen LogP contribution in [0.4, 0.5) is 4.39 Å². The third kappa shape index (κ3) is 1.95. The van der Waals surface area contributed by atoms with Crippen molar-refractivity contribution >= 4 is 6.08 Å². The fourth-order valence-corrected chi connectivity index (χ4v) is 1.29. The summed E-state index contributed by atoms with van der Waals surface area (Å²) in [6, 6.07) is 7.04. The molecule has 0 spiro atoms. The molecule has 0 saturated heterocycles. The SMILES string of the molecule is NC1CC1C=Cc1ccccc1F. The van der Waals surface area contributed by atoms with E-state index in [9.17, 15) is 4.39 Å². The van der Waals surface area contributed by atoms with Crippen LogP contribution in [0.3, 0.4) is 0 Å². The molecule has 1 saturated carbocycles. The lowest BCUT2D eigenvalue weighted by Gasteiger charge is -1.94. The Balaban J connectivity index is 2.09. The summed E-state index contributed by atoms with van der Waals surface area (Å²) in [5, 5.41) is 0. The van der Waals surface area contributed by atoms with Gasteiger partial charge in [-0.3, -0.25) is 0 Å². The van der Waals surface area contributed by atoms with Crippen LogP contribution in [-0.4, -0.2) is 6.04 Å². The molecule has 1 aromatic carbocycles. The van der Waals surface area contributed by atoms with E-state index in [1.165, 1.54) is 6.07 Å². The van der Waals surface area contributed by atoms with Crippen molar-refractivity contribution in [3.63, 3.8) is 0 Å². The summed E-state index contributed by atoms with van der Waals surface area (Å²) in [5.41, 5.74) is 6.26. The molecule has 1 aliphatic rings. The second-order valence-electron chi connectivity index (χ2n) is 3.44. The van der Waals surface area contributed by atoms with Crippen LogP contribution >= 0.6 is 0 Å². The van der Waals surface area contributed by atoms with Gasteiger partial charge in [0.2, 0.25) is 0 Å². The van der Waals surface area contributed by atoms with Gasteiger partial charge in [0, 0.05) is 11.6 Å². The highest BCUT2D eigenvalue weighted by Crippen LogP contribution is 2.29. The Bertz CT molecular complexity index is 333. The van der Waals surface area contributed by atoms with E-state index in [4.69, 9.17) is 5.73 Å². The summed E-state index contributed by atoms with van der Waals surface area (Å²) < 4.78 is 13.1. The van der Waals surface area contributed by atoms with E-state index in [0.717, 1.165) is 6.42 Å². The minimum atomic E-state index is -0.173. The van der Waals surface area contributed by atoms with E-state index < -0.39 is 0 Å². The van der Waals surface area contributed by atoms with Gasteiger partial charge in [-0.15, -0.1) is 0 Å². The first-order valence-electron chi connectivity index (χ1n) is 4.45. The zero-order valence-corrected chi connectivity index (χ0v) is 7.28. The van der Waals surface area contributed by atoms with Gasteiger partial charge in [0.1, 0.15) is 5.82 Å². The molecule has 1 nitrogen and oxygen atoms in total. The molecule has 0 aliphatic heterocycles. The van der Waals surface area contributed by atoms with Crippen molar-refractivity contribution in [2.45, 2.75) is 12.5 Å². The molecule has 0 aromatic heterocycles. The van der Waals surface area contributed by atoms with Crippen LogP contribution in [0.2, 0.25) is 0 Å². The van der Waals surface area contributed by atoms with E-state index in [-0.39, 0.29) is 5.82 Å². The summed E-state index contributed by atoms with van der Waals surface area (Å²) in [5.74, 6) is 0.285. The highest BCUT2D eigenvalue weighted by atomic mass is 19.1. The van der Waals surface area contributed by atoms with Crippen LogP contribution in [0, 0.1) is 11.7 Å². The van der Waals surface area contributed by atoms with Crippen molar-refractivity contribution in [1.29, 1.82) is 0 Å². The molecule has 0 bridgehead atoms. The van der Waals surface area contributed by atoms with Gasteiger partial charge in [-0.25, -0.2) is 4.39 Å². The van der Waals surface area contributed by atoms with Crippen LogP contribution in [0.25, 0.3) is 6.08 Å². The van der Waals surface area contributed by atoms with Crippen molar-refractivity contribution in [1.82, 2.24) is 0 Å². The Morgan fingerprint density at radius 3 is 2.69 bits per heavy atom. The lowest BCUT2D eigenvalue weighted by atomic mass is 10.2. The lowest BCUT2D eigenvalue weighted by Crippen LogP contribution is -1.99. The van der Waals surface area contributed by atoms with Gasteiger partial charge in [-0.1, -0.05) is 30.4 Å². The molecule has 2 heteroatoms. The van der Waals surface area contributed by atoms with Crippen molar-refractivity contribution in [2.75, 3.05) is 0 Å². The fourth-order valence-electron chi connectivity index (χ4n) is 1.29. The molecule has 2 unspecified atom stereocenters. The quantitative estimate of drug-likeness (QED) is 0.736. The summed E-state index contributed by atoms with van der Waals surface area (Å²) in [7, 11) is 0. The predicted molar refractivity (Wildman–Crippen MR) is 51.5 cm³/mol. The first kappa shape index (κ1) is 8.45. The van der Waals surface area contributed by atoms with E-state index in [0.29, 0.717) is 17.5 Å². The molecule has 0 radical (unpaired) electrons. The Kier molecular flexibility index (Phi) is 2.15. The largest absolute Gasteiger partial charge is 0.327 e. The van der Waals surface area contributed by atoms with Crippen molar-refractivity contribution in [3.8, 4) is 0 Å². The highest BCUT2D eigenvalue weighted by Gasteiger charge is 2.30. The van der Waals surface area contributed by atoms with Gasteiger partial charge in [0.15, 0.2) is 0 Å². The van der Waals surface area contributed by atoms with E-state index in [1.54, 1.807) is 12.1 Å². The third-order valence-electron chi connectivity index (χ3n) is 2.32. The monoisotopic (exact) mass is 177 g/mol. The maximum Gasteiger partial charge on any atom is 0.130 e. The molecule has 0 heterocycles. The summed E-state index contributed by atoms with van der Waals surface area (Å²) in [6.07, 6.45) is 4.83. The lowest BCUT2D eigenvalue weighted by molar-refractivity contribution is 0.625. The van der Waals surface area contributed by atoms with Crippen LogP contribution in [0.15, 0.2) is 30.3 Å². The molecule has 13 heavy (non-hydrogen) atoms. The fraction of sp³-hybridized carbons (Fsp3) is 0.273. The summed E-state index contributed by atoms with van der Waals surface area (Å²) >= 11 is 0. The first-order valence-corrected chi connectivity index (χ1v) is 4.45. The molecule has 1 fully saturated rings. The average molecular weight is 177 g/mol. The van der Waals surface area contributed by atoms with Gasteiger partial charge in [0.05, 0.1) is 0 Å². The smallest absolute Gasteiger partial charge is 0.130 e.